The van der Waals surface area contributed by atoms with Gasteiger partial charge in [0, 0.05) is 62.5 Å². The molecule has 5 heterocycles. The minimum absolute atomic E-state index is 0.125. The van der Waals surface area contributed by atoms with Gasteiger partial charge in [-0.25, -0.2) is 14.5 Å². The number of aromatic nitrogens is 5. The van der Waals surface area contributed by atoms with E-state index in [0.717, 1.165) is 48.8 Å². The lowest BCUT2D eigenvalue weighted by atomic mass is 10.1. The molecule has 38 heavy (non-hydrogen) atoms. The molecule has 198 valence electrons. The average Bonchev–Trinajstić information content (AvgIpc) is 3.35. The number of likely N-dealkylation sites (N-methyl/N-ethyl adjacent to an activating group) is 1. The quantitative estimate of drug-likeness (QED) is 0.345. The van der Waals surface area contributed by atoms with Crippen LogP contribution in [0.25, 0.3) is 28.2 Å². The fourth-order valence-corrected chi connectivity index (χ4v) is 4.77. The summed E-state index contributed by atoms with van der Waals surface area (Å²) in [5.41, 5.74) is 4.42. The Morgan fingerprint density at radius 1 is 1.13 bits per heavy atom. The molecule has 1 amide bonds. The van der Waals surface area contributed by atoms with Crippen LogP contribution in [0.5, 0.6) is 0 Å². The fraction of sp³-hybridized carbons (Fsp3) is 0.393. The Morgan fingerprint density at radius 2 is 1.89 bits per heavy atom. The highest BCUT2D eigenvalue weighted by molar-refractivity contribution is 5.96. The molecule has 1 fully saturated rings. The molecule has 5 rings (SSSR count). The van der Waals surface area contributed by atoms with Crippen molar-refractivity contribution in [1.82, 2.24) is 34.8 Å². The summed E-state index contributed by atoms with van der Waals surface area (Å²) in [4.78, 5) is 31.7. The molecule has 1 saturated heterocycles. The number of methoxy groups -OCH3 is 1. The van der Waals surface area contributed by atoms with Gasteiger partial charge in [-0.2, -0.15) is 5.10 Å². The van der Waals surface area contributed by atoms with Gasteiger partial charge in [0.05, 0.1) is 29.3 Å². The smallest absolute Gasteiger partial charge is 0.251 e. The number of ether oxygens (including phenoxy) is 1. The van der Waals surface area contributed by atoms with Crippen LogP contribution in [0.4, 0.5) is 5.82 Å². The summed E-state index contributed by atoms with van der Waals surface area (Å²) in [6.45, 7) is 10.3. The molecule has 0 radical (unpaired) electrons. The zero-order valence-electron chi connectivity index (χ0n) is 22.3. The minimum atomic E-state index is -0.125. The first-order chi connectivity index (χ1) is 18.5. The number of pyridine rings is 2. The van der Waals surface area contributed by atoms with Crippen molar-refractivity contribution in [3.63, 3.8) is 0 Å². The van der Waals surface area contributed by atoms with Crippen LogP contribution < -0.4 is 10.2 Å². The number of rotatable bonds is 10. The first-order valence-electron chi connectivity index (χ1n) is 13.1. The topological polar surface area (TPSA) is 101 Å². The van der Waals surface area contributed by atoms with E-state index in [1.54, 1.807) is 30.2 Å². The maximum absolute atomic E-state index is 13.3. The number of anilines is 1. The summed E-state index contributed by atoms with van der Waals surface area (Å²) in [6.07, 6.45) is 7.29. The lowest BCUT2D eigenvalue weighted by molar-refractivity contribution is 0.0783. The molecular formula is C28H34N8O2. The third-order valence-corrected chi connectivity index (χ3v) is 7.19. The first kappa shape index (κ1) is 25.7. The fourth-order valence-electron chi connectivity index (χ4n) is 4.77. The summed E-state index contributed by atoms with van der Waals surface area (Å²) < 4.78 is 7.18. The van der Waals surface area contributed by atoms with E-state index in [0.29, 0.717) is 23.4 Å². The van der Waals surface area contributed by atoms with Gasteiger partial charge < -0.3 is 15.0 Å². The second-order valence-corrected chi connectivity index (χ2v) is 9.52. The van der Waals surface area contributed by atoms with Crippen molar-refractivity contribution in [3.05, 3.63) is 60.7 Å². The van der Waals surface area contributed by atoms with E-state index in [1.165, 1.54) is 0 Å². The number of amides is 1. The van der Waals surface area contributed by atoms with Crippen molar-refractivity contribution in [1.29, 1.82) is 0 Å². The number of carbonyl (C=O) groups is 1. The number of hydrogen-bond acceptors (Lipinski definition) is 8. The van der Waals surface area contributed by atoms with Crippen LogP contribution in [0.2, 0.25) is 0 Å². The Hall–Kier alpha value is -3.89. The zero-order valence-corrected chi connectivity index (χ0v) is 22.3. The van der Waals surface area contributed by atoms with E-state index < -0.39 is 0 Å². The first-order valence-corrected chi connectivity index (χ1v) is 13.1. The Balaban J connectivity index is 1.49. The maximum Gasteiger partial charge on any atom is 0.251 e. The third-order valence-electron chi connectivity index (χ3n) is 7.19. The Labute approximate surface area is 222 Å². The van der Waals surface area contributed by atoms with Gasteiger partial charge in [0.1, 0.15) is 5.82 Å². The molecule has 0 bridgehead atoms. The van der Waals surface area contributed by atoms with Gasteiger partial charge in [-0.1, -0.05) is 13.8 Å². The molecule has 0 aromatic carbocycles. The molecule has 4 aromatic rings. The predicted octanol–water partition coefficient (Wildman–Crippen LogP) is 3.15. The minimum Gasteiger partial charge on any atom is -0.378 e. The molecule has 0 spiro atoms. The van der Waals surface area contributed by atoms with E-state index >= 15 is 0 Å². The highest BCUT2D eigenvalue weighted by Crippen LogP contribution is 2.29. The van der Waals surface area contributed by atoms with Gasteiger partial charge in [0.15, 0.2) is 5.65 Å². The monoisotopic (exact) mass is 514 g/mol. The molecule has 1 N–H and O–H groups in total. The Kier molecular flexibility index (Phi) is 7.62. The highest BCUT2D eigenvalue weighted by Gasteiger charge is 2.29. The van der Waals surface area contributed by atoms with Crippen molar-refractivity contribution in [3.8, 4) is 22.5 Å². The molecule has 10 heteroatoms. The van der Waals surface area contributed by atoms with Crippen LogP contribution >= 0.6 is 0 Å². The van der Waals surface area contributed by atoms with E-state index in [9.17, 15) is 4.79 Å². The normalized spacial score (nSPS) is 14.6. The number of hydrogen-bond donors (Lipinski definition) is 1. The molecule has 0 saturated carbocycles. The van der Waals surface area contributed by atoms with Crippen LogP contribution in [0.3, 0.4) is 0 Å². The summed E-state index contributed by atoms with van der Waals surface area (Å²) in [5.74, 6) is 0.613. The summed E-state index contributed by atoms with van der Waals surface area (Å²) >= 11 is 0. The number of nitrogens with zero attached hydrogens (tertiary/aromatic N) is 7. The summed E-state index contributed by atoms with van der Waals surface area (Å²) in [6, 6.07) is 9.68. The third kappa shape index (κ3) is 5.23. The van der Waals surface area contributed by atoms with Crippen molar-refractivity contribution >= 4 is 17.4 Å². The lowest BCUT2D eigenvalue weighted by Crippen LogP contribution is -2.52. The zero-order chi connectivity index (χ0) is 26.6. The molecule has 4 aromatic heterocycles. The van der Waals surface area contributed by atoms with Crippen LogP contribution in [0, 0.1) is 0 Å². The number of nitrogens with one attached hydrogen (secondary N) is 1. The number of fused-ring (bicyclic) bond motifs is 1. The molecule has 10 nitrogen and oxygen atoms in total. The van der Waals surface area contributed by atoms with Gasteiger partial charge in [-0.15, -0.1) is 0 Å². The van der Waals surface area contributed by atoms with Crippen LogP contribution in [0.15, 0.2) is 55.1 Å². The van der Waals surface area contributed by atoms with Crippen LogP contribution in [-0.4, -0.2) is 87.4 Å². The van der Waals surface area contributed by atoms with Crippen molar-refractivity contribution in [2.24, 2.45) is 0 Å². The largest absolute Gasteiger partial charge is 0.378 e. The van der Waals surface area contributed by atoms with E-state index in [4.69, 9.17) is 14.7 Å². The Morgan fingerprint density at radius 3 is 2.61 bits per heavy atom. The molecule has 1 aliphatic heterocycles. The number of carbonyl (C=O) groups excluding carboxylic acids is 1. The van der Waals surface area contributed by atoms with E-state index in [2.05, 4.69) is 46.0 Å². The molecular weight excluding hydrogens is 480 g/mol. The molecule has 0 unspecified atom stereocenters. The standard InChI is InChI=1S/C28H34N8O2/c1-5-34(6-2)19(3)15-30-28(37)21-13-25(32-26(14-21)35-17-22(18-35)38-4)23-16-31-36-12-9-24(33-27(23)36)20-7-10-29-11-8-20/h7-14,16,19,22H,5-6,15,17-18H2,1-4H3,(H,30,37)/t19-/m0/s1. The van der Waals surface area contributed by atoms with Crippen molar-refractivity contribution < 1.29 is 9.53 Å². The molecule has 0 aliphatic carbocycles. The van der Waals surface area contributed by atoms with Crippen LogP contribution in [0.1, 0.15) is 31.1 Å². The van der Waals surface area contributed by atoms with E-state index in [1.807, 2.05) is 36.5 Å². The second-order valence-electron chi connectivity index (χ2n) is 9.52. The van der Waals surface area contributed by atoms with Crippen LogP contribution in [-0.2, 0) is 4.74 Å². The van der Waals surface area contributed by atoms with E-state index in [-0.39, 0.29) is 18.1 Å². The Bertz CT molecular complexity index is 1400. The second kappa shape index (κ2) is 11.2. The van der Waals surface area contributed by atoms with Gasteiger partial charge in [0.25, 0.3) is 5.91 Å². The van der Waals surface area contributed by atoms with Crippen molar-refractivity contribution in [2.75, 3.05) is 44.7 Å². The van der Waals surface area contributed by atoms with Gasteiger partial charge in [0.2, 0.25) is 0 Å². The SMILES string of the molecule is CCN(CC)[C@@H](C)CNC(=O)c1cc(-c2cnn3ccc(-c4ccncc4)nc23)nc(N2CC(OC)C2)c1. The molecule has 1 atom stereocenters. The maximum atomic E-state index is 13.3. The van der Waals surface area contributed by atoms with Gasteiger partial charge in [-0.05, 0) is 50.3 Å². The molecule has 1 aliphatic rings. The van der Waals surface area contributed by atoms with Gasteiger partial charge >= 0.3 is 0 Å². The average molecular weight is 515 g/mol. The highest BCUT2D eigenvalue weighted by atomic mass is 16.5. The van der Waals surface area contributed by atoms with Gasteiger partial charge in [-0.3, -0.25) is 14.7 Å². The lowest BCUT2D eigenvalue weighted by Gasteiger charge is -2.39. The summed E-state index contributed by atoms with van der Waals surface area (Å²) in [5, 5.41) is 7.61. The van der Waals surface area contributed by atoms with Crippen molar-refractivity contribution in [2.45, 2.75) is 32.9 Å². The summed E-state index contributed by atoms with van der Waals surface area (Å²) in [7, 11) is 1.72. The predicted molar refractivity (Wildman–Crippen MR) is 147 cm³/mol.